The summed E-state index contributed by atoms with van der Waals surface area (Å²) >= 11 is 0. The van der Waals surface area contributed by atoms with Crippen LogP contribution in [-0.4, -0.2) is 70.7 Å². The van der Waals surface area contributed by atoms with Gasteiger partial charge in [0.2, 0.25) is 0 Å². The van der Waals surface area contributed by atoms with Crippen LogP contribution in [0.15, 0.2) is 24.3 Å². The van der Waals surface area contributed by atoms with E-state index in [-0.39, 0.29) is 25.8 Å². The van der Waals surface area contributed by atoms with Gasteiger partial charge in [0.1, 0.15) is 19.3 Å². The van der Waals surface area contributed by atoms with Gasteiger partial charge in [0, 0.05) is 13.0 Å². The van der Waals surface area contributed by atoms with Gasteiger partial charge in [-0.1, -0.05) is 134 Å². The molecule has 0 radical (unpaired) electrons. The molecule has 8 nitrogen and oxygen atoms in total. The van der Waals surface area contributed by atoms with Gasteiger partial charge in [-0.05, 0) is 44.9 Å². The van der Waals surface area contributed by atoms with E-state index >= 15 is 0 Å². The Labute approximate surface area is 296 Å². The van der Waals surface area contributed by atoms with Crippen LogP contribution >= 0.6 is 7.82 Å². The maximum absolute atomic E-state index is 12.6. The summed E-state index contributed by atoms with van der Waals surface area (Å²) in [5.41, 5.74) is 0. The van der Waals surface area contributed by atoms with E-state index in [1.165, 1.54) is 83.5 Å². The molecule has 0 aliphatic rings. The molecule has 0 saturated carbocycles. The third-order valence-corrected chi connectivity index (χ3v) is 9.22. The van der Waals surface area contributed by atoms with Gasteiger partial charge in [-0.15, -0.1) is 0 Å². The van der Waals surface area contributed by atoms with Crippen molar-refractivity contribution in [1.29, 1.82) is 0 Å². The van der Waals surface area contributed by atoms with Gasteiger partial charge in [0.15, 0.2) is 0 Å². The lowest BCUT2D eigenvalue weighted by Gasteiger charge is -2.28. The predicted molar refractivity (Wildman–Crippen MR) is 199 cm³/mol. The first kappa shape index (κ1) is 47.0. The van der Waals surface area contributed by atoms with E-state index in [1.54, 1.807) is 0 Å². The van der Waals surface area contributed by atoms with E-state index in [4.69, 9.17) is 18.5 Å². The smallest absolute Gasteiger partial charge is 0.306 e. The Hall–Kier alpha value is -1.02. The van der Waals surface area contributed by atoms with Crippen molar-refractivity contribution in [2.45, 2.75) is 168 Å². The molecule has 0 aliphatic heterocycles. The number of carbonyl (C=O) groups is 1. The number of hydrogen-bond acceptors (Lipinski definition) is 7. The molecule has 48 heavy (non-hydrogen) atoms. The summed E-state index contributed by atoms with van der Waals surface area (Å²) in [5, 5.41) is 0. The van der Waals surface area contributed by atoms with Crippen molar-refractivity contribution in [2.24, 2.45) is 0 Å². The van der Waals surface area contributed by atoms with Crippen LogP contribution in [0.3, 0.4) is 0 Å². The average Bonchev–Trinajstić information content (AvgIpc) is 3.03. The van der Waals surface area contributed by atoms with Gasteiger partial charge < -0.3 is 27.9 Å². The Morgan fingerprint density at radius 3 is 1.71 bits per heavy atom. The standard InChI is InChI=1S/C39H76NO7P/c1-6-8-10-12-14-16-18-19-20-21-22-23-24-26-28-30-32-39(41)47-38(37-46-48(42,43)45-35-33-40(3,4)5)36-44-34-31-29-27-25-17-15-13-11-9-7-2/h16,18,20-21,38H,6-15,17,19,22-37H2,1-5H3/b18-16-,21-20-. The molecule has 0 aliphatic carbocycles. The van der Waals surface area contributed by atoms with Gasteiger partial charge in [-0.2, -0.15) is 0 Å². The number of quaternary nitrogens is 1. The first-order valence-corrected chi connectivity index (χ1v) is 21.0. The molecular weight excluding hydrogens is 625 g/mol. The van der Waals surface area contributed by atoms with Crippen molar-refractivity contribution in [3.05, 3.63) is 24.3 Å². The van der Waals surface area contributed by atoms with E-state index < -0.39 is 13.9 Å². The largest absolute Gasteiger partial charge is 0.756 e. The number of rotatable bonds is 36. The van der Waals surface area contributed by atoms with Crippen LogP contribution in [0.5, 0.6) is 0 Å². The number of allylic oxidation sites excluding steroid dienone is 4. The molecule has 0 bridgehead atoms. The lowest BCUT2D eigenvalue weighted by molar-refractivity contribution is -0.870. The van der Waals surface area contributed by atoms with Crippen LogP contribution in [0.4, 0.5) is 0 Å². The van der Waals surface area contributed by atoms with Gasteiger partial charge in [0.05, 0.1) is 34.4 Å². The number of carbonyl (C=O) groups excluding carboxylic acids is 1. The normalized spacial score (nSPS) is 14.2. The average molecular weight is 702 g/mol. The van der Waals surface area contributed by atoms with Crippen LogP contribution in [-0.2, 0) is 27.9 Å². The monoisotopic (exact) mass is 702 g/mol. The molecule has 0 aromatic rings. The fraction of sp³-hybridized carbons (Fsp3) is 0.872. The summed E-state index contributed by atoms with van der Waals surface area (Å²) in [6, 6.07) is 0. The second-order valence-electron chi connectivity index (χ2n) is 14.3. The Bertz CT molecular complexity index is 828. The maximum atomic E-state index is 12.6. The molecule has 0 spiro atoms. The molecule has 0 fully saturated rings. The minimum atomic E-state index is -4.52. The third-order valence-electron chi connectivity index (χ3n) is 8.26. The molecule has 0 aromatic heterocycles. The molecule has 2 unspecified atom stereocenters. The van der Waals surface area contributed by atoms with Crippen LogP contribution in [0.1, 0.15) is 162 Å². The minimum Gasteiger partial charge on any atom is -0.756 e. The zero-order chi connectivity index (χ0) is 35.6. The van der Waals surface area contributed by atoms with E-state index in [0.717, 1.165) is 57.8 Å². The second-order valence-corrected chi connectivity index (χ2v) is 15.7. The molecular formula is C39H76NO7P. The van der Waals surface area contributed by atoms with Crippen molar-refractivity contribution in [1.82, 2.24) is 0 Å². The number of nitrogens with zero attached hydrogens (tertiary/aromatic N) is 1. The van der Waals surface area contributed by atoms with Crippen molar-refractivity contribution >= 4 is 13.8 Å². The highest BCUT2D eigenvalue weighted by atomic mass is 31.2. The SMILES string of the molecule is CCCCCC/C=C\C/C=C\CCCCCCCC(=O)OC(COCCCCCCCCCCCC)COP(=O)([O-])OCC[N+](C)(C)C. The van der Waals surface area contributed by atoms with Crippen molar-refractivity contribution in [2.75, 3.05) is 54.1 Å². The van der Waals surface area contributed by atoms with Crippen LogP contribution in [0, 0.1) is 0 Å². The summed E-state index contributed by atoms with van der Waals surface area (Å²) < 4.78 is 34.4. The highest BCUT2D eigenvalue weighted by Gasteiger charge is 2.20. The summed E-state index contributed by atoms with van der Waals surface area (Å²) in [6.45, 7) is 5.37. The Kier molecular flexibility index (Phi) is 32.4. The molecule has 9 heteroatoms. The number of phosphoric ester groups is 1. The fourth-order valence-electron chi connectivity index (χ4n) is 5.16. The van der Waals surface area contributed by atoms with Crippen LogP contribution in [0.2, 0.25) is 0 Å². The topological polar surface area (TPSA) is 94.1 Å². The summed E-state index contributed by atoms with van der Waals surface area (Å²) in [7, 11) is 1.35. The van der Waals surface area contributed by atoms with Crippen molar-refractivity contribution in [3.8, 4) is 0 Å². The van der Waals surface area contributed by atoms with E-state index in [9.17, 15) is 14.3 Å². The first-order valence-electron chi connectivity index (χ1n) is 19.6. The molecule has 0 heterocycles. The summed E-state index contributed by atoms with van der Waals surface area (Å²) in [6.07, 6.45) is 34.6. The van der Waals surface area contributed by atoms with Gasteiger partial charge in [-0.3, -0.25) is 9.36 Å². The van der Waals surface area contributed by atoms with Gasteiger partial charge in [0.25, 0.3) is 7.82 Å². The molecule has 284 valence electrons. The maximum Gasteiger partial charge on any atom is 0.306 e. The minimum absolute atomic E-state index is 0.0247. The molecule has 0 saturated heterocycles. The third kappa shape index (κ3) is 36.3. The summed E-state index contributed by atoms with van der Waals surface area (Å²) in [4.78, 5) is 24.9. The van der Waals surface area contributed by atoms with E-state index in [1.807, 2.05) is 21.1 Å². The second kappa shape index (κ2) is 33.1. The molecule has 0 rings (SSSR count). The van der Waals surface area contributed by atoms with Crippen molar-refractivity contribution in [3.63, 3.8) is 0 Å². The number of esters is 1. The molecule has 0 aromatic carbocycles. The van der Waals surface area contributed by atoms with Gasteiger partial charge in [-0.25, -0.2) is 0 Å². The van der Waals surface area contributed by atoms with E-state index in [2.05, 4.69) is 38.2 Å². The Morgan fingerprint density at radius 1 is 0.646 bits per heavy atom. The van der Waals surface area contributed by atoms with Gasteiger partial charge >= 0.3 is 5.97 Å². The number of phosphoric acid groups is 1. The Balaban J connectivity index is 4.30. The lowest BCUT2D eigenvalue weighted by atomic mass is 10.1. The number of unbranched alkanes of at least 4 members (excludes halogenated alkanes) is 18. The number of hydrogen-bond donors (Lipinski definition) is 0. The zero-order valence-corrected chi connectivity index (χ0v) is 32.8. The quantitative estimate of drug-likeness (QED) is 0.0211. The number of likely N-dealkylation sites (N-methyl/N-ethyl adjacent to an activating group) is 1. The fourth-order valence-corrected chi connectivity index (χ4v) is 5.89. The molecule has 2 atom stereocenters. The predicted octanol–water partition coefficient (Wildman–Crippen LogP) is 10.2. The van der Waals surface area contributed by atoms with E-state index in [0.29, 0.717) is 24.1 Å². The van der Waals surface area contributed by atoms with Crippen molar-refractivity contribution < 1.29 is 37.3 Å². The van der Waals surface area contributed by atoms with Crippen LogP contribution in [0.25, 0.3) is 0 Å². The van der Waals surface area contributed by atoms with Crippen LogP contribution < -0.4 is 4.89 Å². The highest BCUT2D eigenvalue weighted by Crippen LogP contribution is 2.38. The zero-order valence-electron chi connectivity index (χ0n) is 31.9. The Morgan fingerprint density at radius 2 is 1.15 bits per heavy atom. The highest BCUT2D eigenvalue weighted by molar-refractivity contribution is 7.45. The molecule has 0 N–H and O–H groups in total. The first-order chi connectivity index (χ1) is 23.1. The lowest BCUT2D eigenvalue weighted by Crippen LogP contribution is -2.37. The molecule has 0 amide bonds. The number of ether oxygens (including phenoxy) is 2. The summed E-state index contributed by atoms with van der Waals surface area (Å²) in [5.74, 6) is -0.348.